The first-order valence-corrected chi connectivity index (χ1v) is 19.5. The van der Waals surface area contributed by atoms with E-state index in [0.717, 1.165) is 60.8 Å². The normalized spacial score (nSPS) is 32.6. The van der Waals surface area contributed by atoms with E-state index in [0.29, 0.717) is 13.2 Å². The average molecular weight is 687 g/mol. The Bertz CT molecular complexity index is 872. The summed E-state index contributed by atoms with van der Waals surface area (Å²) in [6, 6.07) is 0. The predicted octanol–water partition coefficient (Wildman–Crippen LogP) is 6.38. The van der Waals surface area contributed by atoms with Gasteiger partial charge in [0.05, 0.1) is 41.3 Å². The fourth-order valence-corrected chi connectivity index (χ4v) is 7.88. The summed E-state index contributed by atoms with van der Waals surface area (Å²) in [7, 11) is 9.20. The molecule has 4 heterocycles. The van der Waals surface area contributed by atoms with E-state index in [1.165, 1.54) is 51.4 Å². The largest absolute Gasteiger partial charge is 0.372 e. The van der Waals surface area contributed by atoms with Gasteiger partial charge in [-0.1, -0.05) is 52.4 Å². The SMILES string of the molecule is CCCCCC[N+](C)(C)CC1OC2OC(C)(C)OC2C1OCCCCCCOC1C(C[N+](C)(C)CCCCCC)OC2OC(C)(C)OC21. The molecule has 0 amide bonds. The van der Waals surface area contributed by atoms with Gasteiger partial charge in [0.1, 0.15) is 49.7 Å². The van der Waals surface area contributed by atoms with Crippen molar-refractivity contribution < 1.29 is 46.9 Å². The molecule has 0 radical (unpaired) electrons. The molecule has 0 saturated carbocycles. The zero-order chi connectivity index (χ0) is 35.0. The predicted molar refractivity (Wildman–Crippen MR) is 187 cm³/mol. The number of hydrogen-bond acceptors (Lipinski definition) is 8. The van der Waals surface area contributed by atoms with Crippen LogP contribution in [-0.4, -0.2) is 137 Å². The van der Waals surface area contributed by atoms with Crippen molar-refractivity contribution in [3.63, 3.8) is 0 Å². The van der Waals surface area contributed by atoms with Crippen LogP contribution >= 0.6 is 0 Å². The molecular weight excluding hydrogens is 612 g/mol. The molecule has 4 rings (SSSR count). The number of quaternary nitrogens is 2. The molecule has 0 bridgehead atoms. The summed E-state index contributed by atoms with van der Waals surface area (Å²) in [5.41, 5.74) is 0. The second-order valence-corrected chi connectivity index (χ2v) is 17.2. The van der Waals surface area contributed by atoms with E-state index in [2.05, 4.69) is 42.0 Å². The molecule has 0 aromatic carbocycles. The van der Waals surface area contributed by atoms with Gasteiger partial charge in [-0.3, -0.25) is 0 Å². The van der Waals surface area contributed by atoms with Crippen LogP contribution in [0.1, 0.15) is 119 Å². The quantitative estimate of drug-likeness (QED) is 0.0906. The molecule has 10 nitrogen and oxygen atoms in total. The van der Waals surface area contributed by atoms with Gasteiger partial charge in [0, 0.05) is 13.2 Å². The molecule has 0 spiro atoms. The van der Waals surface area contributed by atoms with Crippen molar-refractivity contribution >= 4 is 0 Å². The van der Waals surface area contributed by atoms with E-state index >= 15 is 0 Å². The number of fused-ring (bicyclic) bond motifs is 2. The van der Waals surface area contributed by atoms with Gasteiger partial charge in [-0.05, 0) is 66.2 Å². The maximum absolute atomic E-state index is 6.55. The number of rotatable bonds is 23. The van der Waals surface area contributed by atoms with Crippen molar-refractivity contribution in [2.75, 3.05) is 67.6 Å². The Morgan fingerprint density at radius 3 is 1.25 bits per heavy atom. The summed E-state index contributed by atoms with van der Waals surface area (Å²) in [4.78, 5) is 0. The molecule has 48 heavy (non-hydrogen) atoms. The first-order valence-electron chi connectivity index (χ1n) is 19.5. The highest BCUT2D eigenvalue weighted by Gasteiger charge is 2.58. The lowest BCUT2D eigenvalue weighted by atomic mass is 10.1. The van der Waals surface area contributed by atoms with Crippen LogP contribution in [0.2, 0.25) is 0 Å². The van der Waals surface area contributed by atoms with Crippen LogP contribution in [0, 0.1) is 0 Å². The monoisotopic (exact) mass is 687 g/mol. The van der Waals surface area contributed by atoms with Crippen molar-refractivity contribution in [1.29, 1.82) is 0 Å². The molecule has 4 saturated heterocycles. The minimum Gasteiger partial charge on any atom is -0.372 e. The van der Waals surface area contributed by atoms with E-state index < -0.39 is 11.6 Å². The lowest BCUT2D eigenvalue weighted by Gasteiger charge is -2.35. The van der Waals surface area contributed by atoms with Crippen LogP contribution in [0.3, 0.4) is 0 Å². The fourth-order valence-electron chi connectivity index (χ4n) is 7.88. The second kappa shape index (κ2) is 17.9. The minimum absolute atomic E-state index is 0.0391. The molecule has 8 atom stereocenters. The van der Waals surface area contributed by atoms with Gasteiger partial charge >= 0.3 is 0 Å². The van der Waals surface area contributed by atoms with Gasteiger partial charge in [-0.15, -0.1) is 0 Å². The van der Waals surface area contributed by atoms with Crippen LogP contribution < -0.4 is 0 Å². The molecule has 282 valence electrons. The van der Waals surface area contributed by atoms with Gasteiger partial charge in [-0.25, -0.2) is 0 Å². The maximum Gasteiger partial charge on any atom is 0.190 e. The summed E-state index contributed by atoms with van der Waals surface area (Å²) in [6.45, 7) is 17.8. The third-order valence-corrected chi connectivity index (χ3v) is 10.4. The van der Waals surface area contributed by atoms with E-state index in [1.807, 2.05) is 27.7 Å². The van der Waals surface area contributed by atoms with E-state index in [9.17, 15) is 0 Å². The summed E-state index contributed by atoms with van der Waals surface area (Å²) in [6.07, 6.45) is 12.9. The first kappa shape index (κ1) is 40.4. The number of nitrogens with zero attached hydrogens (tertiary/aromatic N) is 2. The Hall–Kier alpha value is -0.400. The van der Waals surface area contributed by atoms with Crippen molar-refractivity contribution in [3.05, 3.63) is 0 Å². The number of unbranched alkanes of at least 4 members (excludes halogenated alkanes) is 9. The second-order valence-electron chi connectivity index (χ2n) is 17.2. The van der Waals surface area contributed by atoms with Crippen molar-refractivity contribution in [1.82, 2.24) is 0 Å². The highest BCUT2D eigenvalue weighted by molar-refractivity contribution is 4.95. The number of ether oxygens (including phenoxy) is 8. The fraction of sp³-hybridized carbons (Fsp3) is 1.00. The summed E-state index contributed by atoms with van der Waals surface area (Å²) >= 11 is 0. The van der Waals surface area contributed by atoms with Crippen molar-refractivity contribution in [2.45, 2.75) is 179 Å². The molecule has 8 unspecified atom stereocenters. The number of likely N-dealkylation sites (N-methyl/N-ethyl adjacent to an activating group) is 2. The van der Waals surface area contributed by atoms with Crippen molar-refractivity contribution in [2.24, 2.45) is 0 Å². The minimum atomic E-state index is -0.648. The topological polar surface area (TPSA) is 73.8 Å². The molecule has 0 N–H and O–H groups in total. The van der Waals surface area contributed by atoms with E-state index in [4.69, 9.17) is 37.9 Å². The van der Waals surface area contributed by atoms with Crippen LogP contribution in [0.4, 0.5) is 0 Å². The molecule has 4 fully saturated rings. The Balaban J connectivity index is 1.19. The molecule has 0 aromatic rings. The maximum atomic E-state index is 6.55. The van der Waals surface area contributed by atoms with Gasteiger partial charge in [-0.2, -0.15) is 0 Å². The van der Waals surface area contributed by atoms with Gasteiger partial charge in [0.25, 0.3) is 0 Å². The summed E-state index contributed by atoms with van der Waals surface area (Å²) in [5, 5.41) is 0. The summed E-state index contributed by atoms with van der Waals surface area (Å²) in [5.74, 6) is -1.30. The zero-order valence-electron chi connectivity index (χ0n) is 32.5. The Labute approximate surface area is 293 Å². The van der Waals surface area contributed by atoms with E-state index in [1.54, 1.807) is 0 Å². The number of hydrogen-bond donors (Lipinski definition) is 0. The molecule has 4 aliphatic rings. The van der Waals surface area contributed by atoms with Gasteiger partial charge in [0.15, 0.2) is 24.2 Å². The molecule has 0 aliphatic carbocycles. The van der Waals surface area contributed by atoms with Crippen LogP contribution in [-0.2, 0) is 37.9 Å². The van der Waals surface area contributed by atoms with E-state index in [-0.39, 0.29) is 49.2 Å². The summed E-state index contributed by atoms with van der Waals surface area (Å²) < 4.78 is 52.6. The zero-order valence-corrected chi connectivity index (χ0v) is 32.5. The molecule has 0 aromatic heterocycles. The van der Waals surface area contributed by atoms with Gasteiger partial charge in [0.2, 0.25) is 0 Å². The molecule has 10 heteroatoms. The average Bonchev–Trinajstić information content (AvgIpc) is 3.65. The Morgan fingerprint density at radius 2 is 0.875 bits per heavy atom. The van der Waals surface area contributed by atoms with Crippen LogP contribution in [0.15, 0.2) is 0 Å². The first-order chi connectivity index (χ1) is 22.6. The van der Waals surface area contributed by atoms with Crippen LogP contribution in [0.25, 0.3) is 0 Å². The molecular formula is C38H74N2O8+2. The lowest BCUT2D eigenvalue weighted by molar-refractivity contribution is -0.894. The standard InChI is InChI=1S/C38H74N2O8/c1-11-13-15-19-23-39(7,8)27-29-31(33-35(43-29)47-37(3,4)45-33)41-25-21-17-18-22-26-42-32-30(28-40(9,10)24-20-16-14-12-2)44-36-34(32)46-38(5,6)48-36/h29-36H,11-28H2,1-10H3/q+2. The lowest BCUT2D eigenvalue weighted by Crippen LogP contribution is -2.50. The Kier molecular flexibility index (Phi) is 15.0. The third-order valence-electron chi connectivity index (χ3n) is 10.4. The van der Waals surface area contributed by atoms with Crippen molar-refractivity contribution in [3.8, 4) is 0 Å². The highest BCUT2D eigenvalue weighted by Crippen LogP contribution is 2.41. The highest BCUT2D eigenvalue weighted by atomic mass is 16.9. The third kappa shape index (κ3) is 12.1. The smallest absolute Gasteiger partial charge is 0.190 e. The van der Waals surface area contributed by atoms with Crippen LogP contribution in [0.5, 0.6) is 0 Å². The Morgan fingerprint density at radius 1 is 0.500 bits per heavy atom. The molecule has 4 aliphatic heterocycles. The van der Waals surface area contributed by atoms with Gasteiger partial charge < -0.3 is 46.9 Å².